The maximum Gasteiger partial charge on any atom is 0.243 e. The van der Waals surface area contributed by atoms with E-state index in [-0.39, 0.29) is 5.91 Å². The molecule has 0 bridgehead atoms. The summed E-state index contributed by atoms with van der Waals surface area (Å²) in [5.41, 5.74) is 0. The molecule has 1 aliphatic heterocycles. The summed E-state index contributed by atoms with van der Waals surface area (Å²) in [5.74, 6) is 0.455. The molecule has 0 aromatic rings. The van der Waals surface area contributed by atoms with E-state index in [9.17, 15) is 4.79 Å². The van der Waals surface area contributed by atoms with Crippen LogP contribution in [0, 0.1) is 5.92 Å². The Bertz CT molecular complexity index is 356. The number of hydrogen-bond donors (Lipinski definition) is 1. The van der Waals surface area contributed by atoms with Gasteiger partial charge < -0.3 is 10.1 Å². The Balaban J connectivity index is 2.02. The molecule has 0 spiro atoms. The lowest BCUT2D eigenvalue weighted by Crippen LogP contribution is -2.25. The fraction of sp³-hybridized carbons (Fsp3) is 0.562. The third-order valence-corrected chi connectivity index (χ3v) is 2.76. The minimum absolute atomic E-state index is 0.0295. The van der Waals surface area contributed by atoms with Crippen molar-refractivity contribution in [1.29, 1.82) is 0 Å². The highest BCUT2D eigenvalue weighted by Crippen LogP contribution is 2.22. The Morgan fingerprint density at radius 1 is 1.26 bits per heavy atom. The maximum absolute atomic E-state index is 11.3. The van der Waals surface area contributed by atoms with E-state index >= 15 is 0 Å². The number of rotatable bonds is 8. The molecule has 0 aromatic heterocycles. The Morgan fingerprint density at radius 3 is 2.58 bits per heavy atom. The van der Waals surface area contributed by atoms with Crippen LogP contribution in [0.1, 0.15) is 33.6 Å². The zero-order valence-electron chi connectivity index (χ0n) is 12.1. The van der Waals surface area contributed by atoms with E-state index < -0.39 is 0 Å². The molecule has 3 heteroatoms. The van der Waals surface area contributed by atoms with Crippen molar-refractivity contribution < 1.29 is 9.53 Å². The average Bonchev–Trinajstić information content (AvgIpc) is 3.06. The number of amides is 1. The van der Waals surface area contributed by atoms with Gasteiger partial charge in [-0.3, -0.25) is 4.79 Å². The van der Waals surface area contributed by atoms with E-state index in [0.717, 1.165) is 19.4 Å². The Labute approximate surface area is 116 Å². The summed E-state index contributed by atoms with van der Waals surface area (Å²) in [6.07, 6.45) is 14.3. The van der Waals surface area contributed by atoms with Crippen molar-refractivity contribution in [2.24, 2.45) is 5.92 Å². The van der Waals surface area contributed by atoms with Crippen LogP contribution in [-0.2, 0) is 9.53 Å². The molecule has 1 aliphatic rings. The van der Waals surface area contributed by atoms with Gasteiger partial charge in [0.05, 0.1) is 6.10 Å². The molecule has 1 heterocycles. The Morgan fingerprint density at radius 2 is 1.95 bits per heavy atom. The molecule has 0 aliphatic carbocycles. The lowest BCUT2D eigenvalue weighted by atomic mass is 10.2. The minimum Gasteiger partial charge on any atom is -0.365 e. The predicted octanol–water partition coefficient (Wildman–Crippen LogP) is 2.99. The number of hydrogen-bond acceptors (Lipinski definition) is 2. The van der Waals surface area contributed by atoms with Crippen LogP contribution in [0.5, 0.6) is 0 Å². The minimum atomic E-state index is -0.0295. The smallest absolute Gasteiger partial charge is 0.243 e. The topological polar surface area (TPSA) is 41.6 Å². The quantitative estimate of drug-likeness (QED) is 0.240. The molecule has 0 aromatic carbocycles. The van der Waals surface area contributed by atoms with E-state index in [4.69, 9.17) is 4.74 Å². The molecule has 1 fully saturated rings. The second-order valence-electron chi connectivity index (χ2n) is 5.24. The Kier molecular flexibility index (Phi) is 7.19. The van der Waals surface area contributed by atoms with Gasteiger partial charge in [-0.2, -0.15) is 0 Å². The van der Waals surface area contributed by atoms with Gasteiger partial charge in [0.15, 0.2) is 0 Å². The molecule has 0 saturated carbocycles. The Hall–Kier alpha value is -1.35. The highest BCUT2D eigenvalue weighted by molar-refractivity contribution is 5.87. The summed E-state index contributed by atoms with van der Waals surface area (Å²) in [6.45, 7) is 6.94. The third kappa shape index (κ3) is 8.38. The third-order valence-electron chi connectivity index (χ3n) is 2.76. The molecular weight excluding hydrogens is 238 g/mol. The molecule has 3 nitrogen and oxygen atoms in total. The van der Waals surface area contributed by atoms with Gasteiger partial charge in [0.25, 0.3) is 0 Å². The summed E-state index contributed by atoms with van der Waals surface area (Å²) < 4.78 is 5.27. The number of carbonyl (C=O) groups is 1. The molecule has 2 unspecified atom stereocenters. The van der Waals surface area contributed by atoms with Crippen molar-refractivity contribution in [2.45, 2.75) is 45.8 Å². The van der Waals surface area contributed by atoms with Crippen LogP contribution in [0.2, 0.25) is 0 Å². The van der Waals surface area contributed by atoms with E-state index in [1.807, 2.05) is 6.08 Å². The SMILES string of the molecule is CC(C)CNC(=O)/C=C/C=C/CC/C=C\C1OC1C. The molecule has 1 N–H and O–H groups in total. The van der Waals surface area contributed by atoms with Gasteiger partial charge in [-0.05, 0) is 25.7 Å². The van der Waals surface area contributed by atoms with E-state index in [0.29, 0.717) is 18.1 Å². The van der Waals surface area contributed by atoms with Gasteiger partial charge in [-0.25, -0.2) is 0 Å². The standard InChI is InChI=1S/C16H25NO2/c1-13(2)12-17-16(18)11-9-7-5-4-6-8-10-15-14(3)19-15/h5,7-11,13-15H,4,6,12H2,1-3H3,(H,17,18)/b7-5+,10-8-,11-9+. The number of epoxide rings is 1. The molecule has 1 amide bonds. The van der Waals surface area contributed by atoms with Crippen LogP contribution < -0.4 is 5.32 Å². The van der Waals surface area contributed by atoms with Gasteiger partial charge >= 0.3 is 0 Å². The highest BCUT2D eigenvalue weighted by Gasteiger charge is 2.30. The van der Waals surface area contributed by atoms with Crippen molar-refractivity contribution in [3.05, 3.63) is 36.5 Å². The number of carbonyl (C=O) groups excluding carboxylic acids is 1. The summed E-state index contributed by atoms with van der Waals surface area (Å²) in [7, 11) is 0. The zero-order valence-corrected chi connectivity index (χ0v) is 12.1. The molecule has 106 valence electrons. The van der Waals surface area contributed by atoms with Crippen LogP contribution in [0.15, 0.2) is 36.5 Å². The maximum atomic E-state index is 11.3. The van der Waals surface area contributed by atoms with Crippen LogP contribution in [0.25, 0.3) is 0 Å². The van der Waals surface area contributed by atoms with Crippen molar-refractivity contribution >= 4 is 5.91 Å². The molecule has 1 saturated heterocycles. The molecule has 1 rings (SSSR count). The second kappa shape index (κ2) is 8.70. The fourth-order valence-electron chi connectivity index (χ4n) is 1.51. The van der Waals surface area contributed by atoms with Gasteiger partial charge in [0.1, 0.15) is 6.10 Å². The van der Waals surface area contributed by atoms with Gasteiger partial charge in [0.2, 0.25) is 5.91 Å². The fourth-order valence-corrected chi connectivity index (χ4v) is 1.51. The summed E-state index contributed by atoms with van der Waals surface area (Å²) >= 11 is 0. The van der Waals surface area contributed by atoms with Crippen LogP contribution in [0.4, 0.5) is 0 Å². The zero-order chi connectivity index (χ0) is 14.1. The number of allylic oxidation sites excluding steroid dienone is 4. The summed E-state index contributed by atoms with van der Waals surface area (Å²) in [4.78, 5) is 11.3. The monoisotopic (exact) mass is 263 g/mol. The van der Waals surface area contributed by atoms with Crippen LogP contribution >= 0.6 is 0 Å². The van der Waals surface area contributed by atoms with Gasteiger partial charge in [-0.15, -0.1) is 0 Å². The molecular formula is C16H25NO2. The van der Waals surface area contributed by atoms with E-state index in [2.05, 4.69) is 44.3 Å². The number of ether oxygens (including phenoxy) is 1. The average molecular weight is 263 g/mol. The lowest BCUT2D eigenvalue weighted by Gasteiger charge is -2.03. The van der Waals surface area contributed by atoms with E-state index in [1.54, 1.807) is 12.2 Å². The predicted molar refractivity (Wildman–Crippen MR) is 78.8 cm³/mol. The second-order valence-corrected chi connectivity index (χ2v) is 5.24. The van der Waals surface area contributed by atoms with Crippen LogP contribution in [-0.4, -0.2) is 24.7 Å². The van der Waals surface area contributed by atoms with Gasteiger partial charge in [-0.1, -0.05) is 44.2 Å². The van der Waals surface area contributed by atoms with Crippen molar-refractivity contribution in [3.63, 3.8) is 0 Å². The molecule has 2 atom stereocenters. The highest BCUT2D eigenvalue weighted by atomic mass is 16.6. The van der Waals surface area contributed by atoms with Crippen molar-refractivity contribution in [3.8, 4) is 0 Å². The lowest BCUT2D eigenvalue weighted by molar-refractivity contribution is -0.116. The first-order valence-electron chi connectivity index (χ1n) is 7.02. The summed E-state index contributed by atoms with van der Waals surface area (Å²) in [6, 6.07) is 0. The van der Waals surface area contributed by atoms with Gasteiger partial charge in [0, 0.05) is 12.6 Å². The molecule has 0 radical (unpaired) electrons. The first-order valence-corrected chi connectivity index (χ1v) is 7.02. The van der Waals surface area contributed by atoms with E-state index in [1.165, 1.54) is 0 Å². The number of nitrogens with one attached hydrogen (secondary N) is 1. The van der Waals surface area contributed by atoms with Crippen LogP contribution in [0.3, 0.4) is 0 Å². The van der Waals surface area contributed by atoms with Crippen molar-refractivity contribution in [2.75, 3.05) is 6.54 Å². The largest absolute Gasteiger partial charge is 0.365 e. The van der Waals surface area contributed by atoms with Crippen molar-refractivity contribution in [1.82, 2.24) is 5.32 Å². The summed E-state index contributed by atoms with van der Waals surface area (Å²) in [5, 5.41) is 2.83. The first-order chi connectivity index (χ1) is 9.09. The molecule has 19 heavy (non-hydrogen) atoms. The normalized spacial score (nSPS) is 22.9. The first kappa shape index (κ1) is 15.7. The number of unbranched alkanes of at least 4 members (excludes halogenated alkanes) is 1.